The van der Waals surface area contributed by atoms with Crippen molar-refractivity contribution in [3.05, 3.63) is 41.2 Å². The summed E-state index contributed by atoms with van der Waals surface area (Å²) in [6.45, 7) is 5.43. The molecule has 3 rings (SSSR count). The number of hydrogen-bond acceptors (Lipinski definition) is 5. The molecule has 22 heavy (non-hydrogen) atoms. The van der Waals surface area contributed by atoms with Crippen molar-refractivity contribution in [2.24, 2.45) is 5.92 Å². The van der Waals surface area contributed by atoms with Crippen molar-refractivity contribution in [2.45, 2.75) is 26.3 Å². The molecule has 0 bridgehead atoms. The highest BCUT2D eigenvalue weighted by Crippen LogP contribution is 2.21. The molecular formula is C16H20N4OS. The van der Waals surface area contributed by atoms with E-state index in [1.165, 1.54) is 24.2 Å². The lowest BCUT2D eigenvalue weighted by molar-refractivity contribution is 0.102. The number of carbonyl (C=O) groups excluding carboxylic acids is 1. The molecule has 116 valence electrons. The van der Waals surface area contributed by atoms with Gasteiger partial charge < -0.3 is 0 Å². The van der Waals surface area contributed by atoms with Gasteiger partial charge in [-0.2, -0.15) is 0 Å². The van der Waals surface area contributed by atoms with Gasteiger partial charge in [0.05, 0.1) is 5.69 Å². The molecule has 0 aromatic carbocycles. The van der Waals surface area contributed by atoms with Gasteiger partial charge >= 0.3 is 0 Å². The molecular weight excluding hydrogens is 296 g/mol. The van der Waals surface area contributed by atoms with Gasteiger partial charge in [-0.3, -0.25) is 20.0 Å². The summed E-state index contributed by atoms with van der Waals surface area (Å²) in [5.74, 6) is 0.545. The highest BCUT2D eigenvalue weighted by Gasteiger charge is 2.17. The number of piperidine rings is 1. The van der Waals surface area contributed by atoms with Crippen LogP contribution < -0.4 is 5.32 Å². The molecule has 1 N–H and O–H groups in total. The summed E-state index contributed by atoms with van der Waals surface area (Å²) in [7, 11) is 0. The Hall–Kier alpha value is -1.79. The maximum atomic E-state index is 12.0. The zero-order valence-electron chi connectivity index (χ0n) is 12.7. The summed E-state index contributed by atoms with van der Waals surface area (Å²) in [5.41, 5.74) is 1.43. The van der Waals surface area contributed by atoms with Crippen molar-refractivity contribution in [3.8, 4) is 0 Å². The normalized spacial score (nSPS) is 19.0. The fraction of sp³-hybridized carbons (Fsp3) is 0.438. The van der Waals surface area contributed by atoms with Crippen LogP contribution in [0.4, 0.5) is 5.13 Å². The SMILES string of the molecule is CC1CCCN(Cc2csc(NC(=O)c3ccccn3)n2)C1. The van der Waals surface area contributed by atoms with Gasteiger partial charge in [-0.05, 0) is 37.4 Å². The van der Waals surface area contributed by atoms with Crippen molar-refractivity contribution in [3.63, 3.8) is 0 Å². The Kier molecular flexibility index (Phi) is 4.80. The van der Waals surface area contributed by atoms with E-state index in [1.807, 2.05) is 5.38 Å². The summed E-state index contributed by atoms with van der Waals surface area (Å²) in [4.78, 5) is 23.0. The number of anilines is 1. The van der Waals surface area contributed by atoms with E-state index in [-0.39, 0.29) is 5.91 Å². The minimum absolute atomic E-state index is 0.215. The summed E-state index contributed by atoms with van der Waals surface area (Å²) in [5, 5.41) is 5.47. The third-order valence-corrected chi connectivity index (χ3v) is 4.60. The number of carbonyl (C=O) groups is 1. The van der Waals surface area contributed by atoms with Crippen molar-refractivity contribution < 1.29 is 4.79 Å². The summed E-state index contributed by atoms with van der Waals surface area (Å²) < 4.78 is 0. The predicted molar refractivity (Wildman–Crippen MR) is 88.0 cm³/mol. The van der Waals surface area contributed by atoms with Crippen LogP contribution in [-0.4, -0.2) is 33.9 Å². The second kappa shape index (κ2) is 6.98. The van der Waals surface area contributed by atoms with Gasteiger partial charge in [-0.1, -0.05) is 13.0 Å². The number of amides is 1. The first-order valence-corrected chi connectivity index (χ1v) is 8.48. The maximum absolute atomic E-state index is 12.0. The van der Waals surface area contributed by atoms with E-state index in [1.54, 1.807) is 24.4 Å². The number of hydrogen-bond donors (Lipinski definition) is 1. The Balaban J connectivity index is 1.58. The zero-order chi connectivity index (χ0) is 15.4. The quantitative estimate of drug-likeness (QED) is 0.942. The van der Waals surface area contributed by atoms with Crippen molar-refractivity contribution >= 4 is 22.4 Å². The molecule has 3 heterocycles. The van der Waals surface area contributed by atoms with E-state index in [2.05, 4.69) is 27.1 Å². The van der Waals surface area contributed by atoms with E-state index >= 15 is 0 Å². The minimum Gasteiger partial charge on any atom is -0.297 e. The molecule has 6 heteroatoms. The smallest absolute Gasteiger partial charge is 0.276 e. The second-order valence-electron chi connectivity index (χ2n) is 5.80. The van der Waals surface area contributed by atoms with Gasteiger partial charge in [0.15, 0.2) is 5.13 Å². The minimum atomic E-state index is -0.215. The number of aromatic nitrogens is 2. The second-order valence-corrected chi connectivity index (χ2v) is 6.65. The number of nitrogens with zero attached hydrogens (tertiary/aromatic N) is 3. The number of rotatable bonds is 4. The largest absolute Gasteiger partial charge is 0.297 e. The van der Waals surface area contributed by atoms with Gasteiger partial charge in [0.1, 0.15) is 5.69 Å². The van der Waals surface area contributed by atoms with Crippen molar-refractivity contribution in [1.29, 1.82) is 0 Å². The molecule has 1 unspecified atom stereocenters. The van der Waals surface area contributed by atoms with E-state index in [0.29, 0.717) is 10.8 Å². The Morgan fingerprint density at radius 1 is 1.50 bits per heavy atom. The summed E-state index contributed by atoms with van der Waals surface area (Å²) >= 11 is 1.46. The fourth-order valence-electron chi connectivity index (χ4n) is 2.75. The first-order valence-electron chi connectivity index (χ1n) is 7.60. The van der Waals surface area contributed by atoms with Gasteiger partial charge in [0, 0.05) is 24.7 Å². The third-order valence-electron chi connectivity index (χ3n) is 3.80. The van der Waals surface area contributed by atoms with Crippen LogP contribution in [0.5, 0.6) is 0 Å². The zero-order valence-corrected chi connectivity index (χ0v) is 13.5. The predicted octanol–water partition coefficient (Wildman–Crippen LogP) is 3.02. The fourth-order valence-corrected chi connectivity index (χ4v) is 3.45. The molecule has 0 saturated carbocycles. The van der Waals surface area contributed by atoms with Crippen LogP contribution in [0.2, 0.25) is 0 Å². The molecule has 0 spiro atoms. The molecule has 1 atom stereocenters. The molecule has 1 amide bonds. The van der Waals surface area contributed by atoms with Crippen molar-refractivity contribution in [2.75, 3.05) is 18.4 Å². The van der Waals surface area contributed by atoms with Crippen LogP contribution in [0.1, 0.15) is 35.9 Å². The molecule has 5 nitrogen and oxygen atoms in total. The van der Waals surface area contributed by atoms with E-state index in [4.69, 9.17) is 0 Å². The molecule has 1 aliphatic heterocycles. The Morgan fingerprint density at radius 3 is 3.18 bits per heavy atom. The van der Waals surface area contributed by atoms with E-state index in [9.17, 15) is 4.79 Å². The summed E-state index contributed by atoms with van der Waals surface area (Å²) in [6.07, 6.45) is 4.19. The highest BCUT2D eigenvalue weighted by atomic mass is 32.1. The van der Waals surface area contributed by atoms with Crippen LogP contribution in [-0.2, 0) is 6.54 Å². The molecule has 2 aromatic rings. The lowest BCUT2D eigenvalue weighted by atomic mass is 10.0. The van der Waals surface area contributed by atoms with E-state index in [0.717, 1.165) is 31.2 Å². The molecule has 2 aromatic heterocycles. The number of thiazole rings is 1. The molecule has 1 saturated heterocycles. The van der Waals surface area contributed by atoms with Crippen LogP contribution in [0, 0.1) is 5.92 Å². The lowest BCUT2D eigenvalue weighted by Gasteiger charge is -2.30. The molecule has 0 radical (unpaired) electrons. The summed E-state index contributed by atoms with van der Waals surface area (Å²) in [6, 6.07) is 5.28. The molecule has 0 aliphatic carbocycles. The first kappa shape index (κ1) is 15.1. The van der Waals surface area contributed by atoms with Gasteiger partial charge in [0.2, 0.25) is 0 Å². The van der Waals surface area contributed by atoms with E-state index < -0.39 is 0 Å². The average molecular weight is 316 g/mol. The third kappa shape index (κ3) is 3.90. The van der Waals surface area contributed by atoms with Crippen LogP contribution >= 0.6 is 11.3 Å². The highest BCUT2D eigenvalue weighted by molar-refractivity contribution is 7.13. The maximum Gasteiger partial charge on any atom is 0.276 e. The van der Waals surface area contributed by atoms with Gasteiger partial charge in [0.25, 0.3) is 5.91 Å². The number of nitrogens with one attached hydrogen (secondary N) is 1. The first-order chi connectivity index (χ1) is 10.7. The Bertz CT molecular complexity index is 628. The monoisotopic (exact) mass is 316 g/mol. The Labute approximate surface area is 134 Å². The molecule has 1 aliphatic rings. The van der Waals surface area contributed by atoms with Gasteiger partial charge in [-0.15, -0.1) is 11.3 Å². The topological polar surface area (TPSA) is 58.1 Å². The van der Waals surface area contributed by atoms with Crippen LogP contribution in [0.3, 0.4) is 0 Å². The van der Waals surface area contributed by atoms with Crippen molar-refractivity contribution in [1.82, 2.24) is 14.9 Å². The average Bonchev–Trinajstić information content (AvgIpc) is 2.95. The number of likely N-dealkylation sites (tertiary alicyclic amines) is 1. The van der Waals surface area contributed by atoms with Crippen LogP contribution in [0.15, 0.2) is 29.8 Å². The lowest BCUT2D eigenvalue weighted by Crippen LogP contribution is -2.33. The Morgan fingerprint density at radius 2 is 2.41 bits per heavy atom. The molecule has 1 fully saturated rings. The standard InChI is InChI=1S/C16H20N4OS/c1-12-5-4-8-20(9-12)10-13-11-22-16(18-13)19-15(21)14-6-2-3-7-17-14/h2-3,6-7,11-12H,4-5,8-10H2,1H3,(H,18,19,21). The van der Waals surface area contributed by atoms with Gasteiger partial charge in [-0.25, -0.2) is 4.98 Å². The van der Waals surface area contributed by atoms with Crippen LogP contribution in [0.25, 0.3) is 0 Å². The number of pyridine rings is 1.